The number of rotatable bonds is 6. The van der Waals surface area contributed by atoms with Crippen LogP contribution in [0.25, 0.3) is 0 Å². The molecule has 0 aliphatic rings. The maximum absolute atomic E-state index is 12.2. The molecule has 1 atom stereocenters. The summed E-state index contributed by atoms with van der Waals surface area (Å²) >= 11 is 1.40. The molecule has 21 heavy (non-hydrogen) atoms. The fourth-order valence-electron chi connectivity index (χ4n) is 1.79. The highest BCUT2D eigenvalue weighted by Gasteiger charge is 2.20. The van der Waals surface area contributed by atoms with Crippen LogP contribution in [0.15, 0.2) is 29.6 Å². The number of nitrogens with one attached hydrogen (secondary N) is 1. The molecule has 1 aromatic heterocycles. The molecule has 0 bridgehead atoms. The number of hydrogen-bond acceptors (Lipinski definition) is 5. The number of methoxy groups -OCH3 is 1. The van der Waals surface area contributed by atoms with Crippen LogP contribution in [0.5, 0.6) is 11.5 Å². The Hall–Kier alpha value is -2.08. The molecule has 1 N–H and O–H groups in total. The molecule has 1 heterocycles. The Balaban J connectivity index is 2.06. The average Bonchev–Trinajstić information content (AvgIpc) is 2.90. The van der Waals surface area contributed by atoms with E-state index in [0.717, 1.165) is 5.69 Å². The Morgan fingerprint density at radius 2 is 2.10 bits per heavy atom. The molecular weight excluding hydrogens is 288 g/mol. The monoisotopic (exact) mass is 306 g/mol. The highest BCUT2D eigenvalue weighted by molar-refractivity contribution is 7.13. The third-order valence-corrected chi connectivity index (χ3v) is 3.73. The summed E-state index contributed by atoms with van der Waals surface area (Å²) in [6.07, 6.45) is -0.0423. The van der Waals surface area contributed by atoms with E-state index in [9.17, 15) is 4.79 Å². The number of anilines is 1. The second-order valence-corrected chi connectivity index (χ2v) is 5.31. The van der Waals surface area contributed by atoms with Crippen LogP contribution in [0.4, 0.5) is 5.13 Å². The summed E-state index contributed by atoms with van der Waals surface area (Å²) in [5.41, 5.74) is 0.883. The van der Waals surface area contributed by atoms with E-state index >= 15 is 0 Å². The number of carbonyl (C=O) groups excluding carboxylic acids is 1. The van der Waals surface area contributed by atoms with Crippen LogP contribution >= 0.6 is 11.3 Å². The number of benzene rings is 1. The minimum atomic E-state index is -0.592. The van der Waals surface area contributed by atoms with Gasteiger partial charge in [-0.05, 0) is 25.5 Å². The maximum atomic E-state index is 12.2. The number of aromatic nitrogens is 1. The molecule has 0 radical (unpaired) electrons. The Bertz CT molecular complexity index is 612. The summed E-state index contributed by atoms with van der Waals surface area (Å²) in [4.78, 5) is 16.5. The van der Waals surface area contributed by atoms with E-state index < -0.39 is 6.10 Å². The van der Waals surface area contributed by atoms with Gasteiger partial charge in [0, 0.05) is 5.38 Å². The van der Waals surface area contributed by atoms with Gasteiger partial charge >= 0.3 is 0 Å². The lowest BCUT2D eigenvalue weighted by atomic mass is 10.2. The number of amides is 1. The van der Waals surface area contributed by atoms with Crippen LogP contribution in [-0.4, -0.2) is 24.1 Å². The molecule has 0 aliphatic carbocycles. The topological polar surface area (TPSA) is 60.5 Å². The third kappa shape index (κ3) is 3.95. The second kappa shape index (κ2) is 7.08. The summed E-state index contributed by atoms with van der Waals surface area (Å²) in [6.45, 7) is 3.78. The smallest absolute Gasteiger partial charge is 0.267 e. The van der Waals surface area contributed by atoms with Gasteiger partial charge in [-0.3, -0.25) is 10.1 Å². The molecule has 0 spiro atoms. The van der Waals surface area contributed by atoms with Crippen LogP contribution in [0.2, 0.25) is 0 Å². The van der Waals surface area contributed by atoms with Gasteiger partial charge in [0.1, 0.15) is 0 Å². The normalized spacial score (nSPS) is 11.8. The minimum absolute atomic E-state index is 0.210. The maximum Gasteiger partial charge on any atom is 0.267 e. The highest BCUT2D eigenvalue weighted by atomic mass is 32.1. The number of carbonyl (C=O) groups is 1. The summed E-state index contributed by atoms with van der Waals surface area (Å²) in [7, 11) is 1.57. The van der Waals surface area contributed by atoms with Crippen molar-refractivity contribution in [2.45, 2.75) is 26.4 Å². The second-order valence-electron chi connectivity index (χ2n) is 4.45. The van der Waals surface area contributed by atoms with Crippen LogP contribution in [-0.2, 0) is 4.79 Å². The lowest BCUT2D eigenvalue weighted by molar-refractivity contribution is -0.122. The molecule has 0 aliphatic heterocycles. The van der Waals surface area contributed by atoms with Gasteiger partial charge in [0.15, 0.2) is 22.7 Å². The zero-order valence-electron chi connectivity index (χ0n) is 12.3. The zero-order valence-corrected chi connectivity index (χ0v) is 13.1. The van der Waals surface area contributed by atoms with Crippen molar-refractivity contribution in [3.05, 3.63) is 35.3 Å². The van der Waals surface area contributed by atoms with Crippen LogP contribution < -0.4 is 14.8 Å². The van der Waals surface area contributed by atoms with Gasteiger partial charge in [-0.2, -0.15) is 0 Å². The van der Waals surface area contributed by atoms with Crippen molar-refractivity contribution in [1.82, 2.24) is 4.98 Å². The molecule has 0 saturated heterocycles. The highest BCUT2D eigenvalue weighted by Crippen LogP contribution is 2.27. The van der Waals surface area contributed by atoms with Gasteiger partial charge in [0.05, 0.1) is 12.8 Å². The summed E-state index contributed by atoms with van der Waals surface area (Å²) in [5, 5.41) is 5.24. The lowest BCUT2D eigenvalue weighted by Crippen LogP contribution is -2.32. The van der Waals surface area contributed by atoms with Crippen molar-refractivity contribution < 1.29 is 14.3 Å². The minimum Gasteiger partial charge on any atom is -0.493 e. The first-order valence-electron chi connectivity index (χ1n) is 6.66. The van der Waals surface area contributed by atoms with E-state index in [1.807, 2.05) is 31.4 Å². The summed E-state index contributed by atoms with van der Waals surface area (Å²) < 4.78 is 11.0. The van der Waals surface area contributed by atoms with Crippen LogP contribution in [0.3, 0.4) is 0 Å². The van der Waals surface area contributed by atoms with Crippen molar-refractivity contribution in [3.63, 3.8) is 0 Å². The standard InChI is InChI=1S/C15H18N2O3S/c1-4-11(14(18)17-15-16-10(2)9-21-15)20-13-8-6-5-7-12(13)19-3/h5-9,11H,4H2,1-3H3,(H,16,17,18)/t11-/m0/s1. The van der Waals surface area contributed by atoms with Gasteiger partial charge in [0.25, 0.3) is 5.91 Å². The third-order valence-electron chi connectivity index (χ3n) is 2.85. The van der Waals surface area contributed by atoms with Crippen LogP contribution in [0, 0.1) is 6.92 Å². The quantitative estimate of drug-likeness (QED) is 0.890. The molecule has 1 amide bonds. The first-order chi connectivity index (χ1) is 10.1. The first-order valence-corrected chi connectivity index (χ1v) is 7.54. The van der Waals surface area contributed by atoms with Crippen molar-refractivity contribution >= 4 is 22.4 Å². The summed E-state index contributed by atoms with van der Waals surface area (Å²) in [6, 6.07) is 7.27. The van der Waals surface area contributed by atoms with E-state index in [1.165, 1.54) is 11.3 Å². The molecule has 0 unspecified atom stereocenters. The molecule has 112 valence electrons. The average molecular weight is 306 g/mol. The number of aryl methyl sites for hydroxylation is 1. The molecule has 0 saturated carbocycles. The van der Waals surface area contributed by atoms with Crippen molar-refractivity contribution in [3.8, 4) is 11.5 Å². The first kappa shape index (κ1) is 15.3. The summed E-state index contributed by atoms with van der Waals surface area (Å²) in [5.74, 6) is 0.948. The largest absolute Gasteiger partial charge is 0.493 e. The molecule has 2 rings (SSSR count). The Morgan fingerprint density at radius 3 is 2.67 bits per heavy atom. The number of ether oxygens (including phenoxy) is 2. The predicted octanol–water partition coefficient (Wildman–Crippen LogP) is 3.26. The van der Waals surface area contributed by atoms with E-state index in [4.69, 9.17) is 9.47 Å². The molecule has 0 fully saturated rings. The van der Waals surface area contributed by atoms with Gasteiger partial charge in [-0.25, -0.2) is 4.98 Å². The van der Waals surface area contributed by atoms with Crippen molar-refractivity contribution in [2.75, 3.05) is 12.4 Å². The Labute approximate surface area is 127 Å². The number of thiazole rings is 1. The molecular formula is C15H18N2O3S. The Morgan fingerprint density at radius 1 is 1.38 bits per heavy atom. The van der Waals surface area contributed by atoms with Gasteiger partial charge in [-0.15, -0.1) is 11.3 Å². The SMILES string of the molecule is CC[C@H](Oc1ccccc1OC)C(=O)Nc1nc(C)cs1. The zero-order chi connectivity index (χ0) is 15.2. The van der Waals surface area contributed by atoms with Crippen LogP contribution in [0.1, 0.15) is 19.0 Å². The van der Waals surface area contributed by atoms with E-state index in [0.29, 0.717) is 23.1 Å². The number of hydrogen-bond donors (Lipinski definition) is 1. The fraction of sp³-hybridized carbons (Fsp3) is 0.333. The van der Waals surface area contributed by atoms with Gasteiger partial charge in [-0.1, -0.05) is 19.1 Å². The predicted molar refractivity (Wildman–Crippen MR) is 83.2 cm³/mol. The van der Waals surface area contributed by atoms with E-state index in [2.05, 4.69) is 10.3 Å². The lowest BCUT2D eigenvalue weighted by Gasteiger charge is -2.18. The Kier molecular flexibility index (Phi) is 5.16. The van der Waals surface area contributed by atoms with E-state index in [1.54, 1.807) is 19.2 Å². The molecule has 2 aromatic rings. The number of para-hydroxylation sites is 2. The van der Waals surface area contributed by atoms with Gasteiger partial charge in [0.2, 0.25) is 0 Å². The van der Waals surface area contributed by atoms with Crippen molar-refractivity contribution in [2.24, 2.45) is 0 Å². The number of nitrogens with zero attached hydrogens (tertiary/aromatic N) is 1. The molecule has 6 heteroatoms. The van der Waals surface area contributed by atoms with Gasteiger partial charge < -0.3 is 9.47 Å². The fourth-order valence-corrected chi connectivity index (χ4v) is 2.48. The molecule has 1 aromatic carbocycles. The van der Waals surface area contributed by atoms with Crippen molar-refractivity contribution in [1.29, 1.82) is 0 Å². The van der Waals surface area contributed by atoms with E-state index in [-0.39, 0.29) is 5.91 Å². The molecule has 5 nitrogen and oxygen atoms in total.